The van der Waals surface area contributed by atoms with Crippen LogP contribution in [0.1, 0.15) is 33.6 Å². The summed E-state index contributed by atoms with van der Waals surface area (Å²) in [6, 6.07) is 27.6. The van der Waals surface area contributed by atoms with Gasteiger partial charge in [0.15, 0.2) is 0 Å². The maximum absolute atomic E-state index is 13.2. The molecule has 0 aliphatic heterocycles. The average molecular weight is 615 g/mol. The summed E-state index contributed by atoms with van der Waals surface area (Å²) in [6.45, 7) is 17.5. The molecule has 0 N–H and O–H groups in total. The van der Waals surface area contributed by atoms with Crippen LogP contribution in [0, 0.1) is 42.7 Å². The highest BCUT2D eigenvalue weighted by molar-refractivity contribution is 6.07. The number of allylic oxidation sites excluding steroid dienone is 2. The zero-order valence-electron chi connectivity index (χ0n) is 24.4. The zero-order valence-corrected chi connectivity index (χ0v) is 24.4. The van der Waals surface area contributed by atoms with Crippen molar-refractivity contribution in [1.29, 1.82) is 10.5 Å². The van der Waals surface area contributed by atoms with Crippen molar-refractivity contribution in [3.63, 3.8) is 0 Å². The first-order valence-electron chi connectivity index (χ1n) is 14.2. The third-order valence-corrected chi connectivity index (χ3v) is 8.26. The van der Waals surface area contributed by atoms with Crippen LogP contribution in [0.4, 0.5) is 13.2 Å². The number of benzene rings is 4. The SMILES string of the molecule is [C-]#[N+]/C(C#N)=C1/c2cc(-c3ccc(C(F)(F)F)cc3)ccc2-c2nc3c(nc21)-c1ccc(-c2cccc(C)c2)cc1/C3=C(/C#N)[N+]#[C-]. The van der Waals surface area contributed by atoms with Crippen molar-refractivity contribution in [2.75, 3.05) is 0 Å². The zero-order chi connectivity index (χ0) is 33.0. The molecule has 0 radical (unpaired) electrons. The molecule has 0 fully saturated rings. The number of nitriles is 2. The van der Waals surface area contributed by atoms with E-state index >= 15 is 0 Å². The summed E-state index contributed by atoms with van der Waals surface area (Å²) in [7, 11) is 0. The van der Waals surface area contributed by atoms with Crippen molar-refractivity contribution < 1.29 is 13.2 Å². The van der Waals surface area contributed by atoms with Crippen molar-refractivity contribution >= 4 is 11.1 Å². The van der Waals surface area contributed by atoms with Crippen LogP contribution in [0.2, 0.25) is 0 Å². The van der Waals surface area contributed by atoms with Crippen LogP contribution in [-0.2, 0) is 6.18 Å². The van der Waals surface area contributed by atoms with Gasteiger partial charge in [-0.15, -0.1) is 0 Å². The molecule has 0 saturated heterocycles. The van der Waals surface area contributed by atoms with Gasteiger partial charge in [-0.05, 0) is 64.6 Å². The number of aromatic nitrogens is 2. The van der Waals surface area contributed by atoms with Gasteiger partial charge in [-0.2, -0.15) is 13.2 Å². The normalized spacial score (nSPS) is 14.4. The first kappa shape index (κ1) is 28.9. The van der Waals surface area contributed by atoms with Crippen LogP contribution in [0.15, 0.2) is 96.3 Å². The number of fused-ring (bicyclic) bond motifs is 6. The molecule has 1 heterocycles. The number of aryl methyl sites for hydroxylation is 1. The van der Waals surface area contributed by atoms with Gasteiger partial charge >= 0.3 is 6.18 Å². The van der Waals surface area contributed by atoms with Gasteiger partial charge in [0.05, 0.1) is 53.6 Å². The highest BCUT2D eigenvalue weighted by atomic mass is 19.4. The molecule has 5 aromatic rings. The van der Waals surface area contributed by atoms with E-state index < -0.39 is 11.7 Å². The Hall–Kier alpha value is -6.81. The molecule has 2 aliphatic carbocycles. The van der Waals surface area contributed by atoms with Gasteiger partial charge in [0.25, 0.3) is 11.4 Å². The quantitative estimate of drug-likeness (QED) is 0.143. The van der Waals surface area contributed by atoms with Crippen LogP contribution in [0.25, 0.3) is 65.6 Å². The molecule has 1 aromatic heterocycles. The van der Waals surface area contributed by atoms with E-state index in [1.165, 1.54) is 12.1 Å². The van der Waals surface area contributed by atoms with Crippen molar-refractivity contribution in [1.82, 2.24) is 9.97 Å². The van der Waals surface area contributed by atoms with E-state index in [9.17, 15) is 23.7 Å². The largest absolute Gasteiger partial charge is 0.416 e. The predicted molar refractivity (Wildman–Crippen MR) is 170 cm³/mol. The number of nitrogens with zero attached hydrogens (tertiary/aromatic N) is 6. The number of alkyl halides is 3. The molecule has 0 spiro atoms. The summed E-state index contributed by atoms with van der Waals surface area (Å²) in [4.78, 5) is 16.9. The topological polar surface area (TPSA) is 82.1 Å². The molecule has 7 rings (SSSR count). The summed E-state index contributed by atoms with van der Waals surface area (Å²) in [6.07, 6.45) is -4.48. The van der Waals surface area contributed by atoms with Crippen LogP contribution in [-0.4, -0.2) is 9.97 Å². The first-order chi connectivity index (χ1) is 22.7. The van der Waals surface area contributed by atoms with Crippen molar-refractivity contribution in [2.24, 2.45) is 0 Å². The number of rotatable bonds is 2. The lowest BCUT2D eigenvalue weighted by atomic mass is 9.96. The molecule has 0 saturated carbocycles. The lowest BCUT2D eigenvalue weighted by Crippen LogP contribution is -2.03. The van der Waals surface area contributed by atoms with Gasteiger partial charge in [-0.25, -0.2) is 30.2 Å². The van der Waals surface area contributed by atoms with Crippen LogP contribution in [0.3, 0.4) is 0 Å². The van der Waals surface area contributed by atoms with Crippen molar-refractivity contribution in [2.45, 2.75) is 13.1 Å². The molecule has 0 amide bonds. The average Bonchev–Trinajstić information content (AvgIpc) is 3.56. The van der Waals surface area contributed by atoms with Gasteiger partial charge in [0, 0.05) is 22.3 Å². The fourth-order valence-electron chi connectivity index (χ4n) is 6.12. The molecule has 6 nitrogen and oxygen atoms in total. The Morgan fingerprint density at radius 2 is 1.09 bits per heavy atom. The van der Waals surface area contributed by atoms with Crippen molar-refractivity contribution in [3.05, 3.63) is 153 Å². The third-order valence-electron chi connectivity index (χ3n) is 8.26. The standard InChI is InChI=1S/C38H17F3N6/c1-20-5-4-6-22(15-20)24-10-14-27-29(17-24)33(31(19-43)45-3)37-35(27)47-36-32(30(18-42)44-2)28-16-23(9-13-26(28)34(36)46-37)21-7-11-25(12-8-21)38(39,40)41/h4-17H,1H3/b32-30-,33-31+. The lowest BCUT2D eigenvalue weighted by molar-refractivity contribution is -0.137. The first-order valence-corrected chi connectivity index (χ1v) is 14.2. The summed E-state index contributed by atoms with van der Waals surface area (Å²) in [5.74, 6) is 0. The van der Waals surface area contributed by atoms with Gasteiger partial charge in [0.1, 0.15) is 0 Å². The predicted octanol–water partition coefficient (Wildman–Crippen LogP) is 9.50. The molecule has 9 heteroatoms. The second-order valence-corrected chi connectivity index (χ2v) is 11.0. The van der Waals surface area contributed by atoms with E-state index in [1.807, 2.05) is 61.5 Å². The lowest BCUT2D eigenvalue weighted by Gasteiger charge is -2.10. The Kier molecular flexibility index (Phi) is 6.57. The second-order valence-electron chi connectivity index (χ2n) is 11.0. The fraction of sp³-hybridized carbons (Fsp3) is 0.0526. The molecular formula is C38H17F3N6. The Labute approximate surface area is 267 Å². The monoisotopic (exact) mass is 614 g/mol. The summed E-state index contributed by atoms with van der Waals surface area (Å²) in [5, 5.41) is 19.9. The molecule has 0 unspecified atom stereocenters. The molecule has 47 heavy (non-hydrogen) atoms. The highest BCUT2D eigenvalue weighted by Gasteiger charge is 2.36. The fourth-order valence-corrected chi connectivity index (χ4v) is 6.12. The molecule has 220 valence electrons. The van der Waals surface area contributed by atoms with E-state index in [2.05, 4.69) is 9.69 Å². The molecule has 2 aliphatic rings. The Balaban J connectivity index is 1.44. The molecule has 0 atom stereocenters. The van der Waals surface area contributed by atoms with Gasteiger partial charge in [0.2, 0.25) is 0 Å². The highest BCUT2D eigenvalue weighted by Crippen LogP contribution is 2.51. The van der Waals surface area contributed by atoms with E-state index in [0.29, 0.717) is 61.7 Å². The minimum atomic E-state index is -4.48. The maximum Gasteiger partial charge on any atom is 0.416 e. The smallest absolute Gasteiger partial charge is 0.245 e. The summed E-state index contributed by atoms with van der Waals surface area (Å²) in [5.41, 5.74) is 7.25. The van der Waals surface area contributed by atoms with E-state index in [4.69, 9.17) is 23.1 Å². The second kappa shape index (κ2) is 10.7. The summed E-state index contributed by atoms with van der Waals surface area (Å²) >= 11 is 0. The minimum absolute atomic E-state index is 0.147. The van der Waals surface area contributed by atoms with Gasteiger partial charge < -0.3 is 0 Å². The van der Waals surface area contributed by atoms with E-state index in [-0.39, 0.29) is 17.0 Å². The van der Waals surface area contributed by atoms with Crippen LogP contribution < -0.4 is 0 Å². The maximum atomic E-state index is 13.2. The Morgan fingerprint density at radius 3 is 1.53 bits per heavy atom. The Morgan fingerprint density at radius 1 is 0.617 bits per heavy atom. The number of halogens is 3. The molecule has 0 bridgehead atoms. The van der Waals surface area contributed by atoms with Crippen LogP contribution in [0.5, 0.6) is 0 Å². The third kappa shape index (κ3) is 4.55. The molecular weight excluding hydrogens is 597 g/mol. The van der Waals surface area contributed by atoms with Gasteiger partial charge in [-0.1, -0.05) is 66.2 Å². The van der Waals surface area contributed by atoms with E-state index in [0.717, 1.165) is 28.8 Å². The van der Waals surface area contributed by atoms with E-state index in [1.54, 1.807) is 18.2 Å². The Bertz CT molecular complexity index is 2410. The molecule has 4 aromatic carbocycles. The van der Waals surface area contributed by atoms with Crippen LogP contribution >= 0.6 is 0 Å². The minimum Gasteiger partial charge on any atom is -0.245 e. The number of hydrogen-bond acceptors (Lipinski definition) is 4. The van der Waals surface area contributed by atoms with Gasteiger partial charge in [-0.3, -0.25) is 0 Å². The van der Waals surface area contributed by atoms with Crippen molar-refractivity contribution in [3.8, 4) is 56.9 Å². The number of hydrogen-bond donors (Lipinski definition) is 0. The summed E-state index contributed by atoms with van der Waals surface area (Å²) < 4.78 is 39.5.